The lowest BCUT2D eigenvalue weighted by molar-refractivity contribution is -0.141. The van der Waals surface area contributed by atoms with E-state index in [1.807, 2.05) is 0 Å². The van der Waals surface area contributed by atoms with E-state index in [4.69, 9.17) is 18.9 Å². The molecule has 3 aromatic carbocycles. The van der Waals surface area contributed by atoms with Crippen molar-refractivity contribution in [2.45, 2.75) is 18.8 Å². The first kappa shape index (κ1) is 28.6. The number of carbonyl (C=O) groups excluding carboxylic acids is 2. The lowest BCUT2D eigenvalue weighted by Gasteiger charge is -2.21. The number of Topliss-reactive ketones (excluding diaryl/α,β-unsaturated/α-hetero) is 1. The van der Waals surface area contributed by atoms with E-state index < -0.39 is 24.2 Å². The van der Waals surface area contributed by atoms with Crippen LogP contribution in [0.3, 0.4) is 0 Å². The van der Waals surface area contributed by atoms with Crippen molar-refractivity contribution in [1.29, 1.82) is 0 Å². The summed E-state index contributed by atoms with van der Waals surface area (Å²) in [6.07, 6.45) is 0.733. The van der Waals surface area contributed by atoms with Crippen molar-refractivity contribution in [2.24, 2.45) is 11.8 Å². The highest BCUT2D eigenvalue weighted by Crippen LogP contribution is 2.40. The van der Waals surface area contributed by atoms with Gasteiger partial charge >= 0.3 is 5.97 Å². The van der Waals surface area contributed by atoms with Crippen LogP contribution in [0.25, 0.3) is 0 Å². The minimum Gasteiger partial charge on any atom is -0.504 e. The molecule has 1 aliphatic heterocycles. The molecule has 212 valence electrons. The number of carbonyl (C=O) groups is 2. The summed E-state index contributed by atoms with van der Waals surface area (Å²) in [6.45, 7) is -0.411. The standard InChI is InChI=1S/C30H32O10/c1-37-25-11-16(4-6-23(25)32)9-20-19(15-40-30(20)36)8-17-10-21(29(35)27(12-17)39-3)22(14-31)28(34)18-5-7-24(33)26(13-18)38-2/h4-7,10-13,19-20,22,31-33,35H,8-9,14-15H2,1-3H3/t19-,20+,22?/m0/s1. The molecule has 10 nitrogen and oxygen atoms in total. The maximum atomic E-state index is 13.4. The number of rotatable bonds is 11. The minimum absolute atomic E-state index is 0.000696. The van der Waals surface area contributed by atoms with Gasteiger partial charge in [-0.05, 0) is 60.4 Å². The fourth-order valence-electron chi connectivity index (χ4n) is 5.04. The molecule has 0 radical (unpaired) electrons. The van der Waals surface area contributed by atoms with Crippen LogP contribution in [0.4, 0.5) is 0 Å². The van der Waals surface area contributed by atoms with Crippen LogP contribution >= 0.6 is 0 Å². The Balaban J connectivity index is 1.63. The fourth-order valence-corrected chi connectivity index (χ4v) is 5.04. The van der Waals surface area contributed by atoms with Crippen LogP contribution in [0.15, 0.2) is 48.5 Å². The van der Waals surface area contributed by atoms with Crippen LogP contribution in [0.1, 0.15) is 33.0 Å². The van der Waals surface area contributed by atoms with E-state index in [0.29, 0.717) is 24.2 Å². The monoisotopic (exact) mass is 552 g/mol. The highest BCUT2D eigenvalue weighted by molar-refractivity contribution is 6.02. The lowest BCUT2D eigenvalue weighted by Crippen LogP contribution is -2.21. The van der Waals surface area contributed by atoms with Crippen LogP contribution in [0.2, 0.25) is 0 Å². The molecule has 0 bridgehead atoms. The zero-order chi connectivity index (χ0) is 29.0. The Labute approximate surface area is 231 Å². The summed E-state index contributed by atoms with van der Waals surface area (Å²) in [5.74, 6) is -2.56. The van der Waals surface area contributed by atoms with Gasteiger partial charge in [0.1, 0.15) is 0 Å². The first-order chi connectivity index (χ1) is 19.2. The van der Waals surface area contributed by atoms with Crippen molar-refractivity contribution in [2.75, 3.05) is 34.5 Å². The Hall–Kier alpha value is -4.44. The Morgan fingerprint density at radius 1 is 0.875 bits per heavy atom. The van der Waals surface area contributed by atoms with Gasteiger partial charge in [-0.1, -0.05) is 12.1 Å². The molecule has 1 fully saturated rings. The summed E-state index contributed by atoms with van der Waals surface area (Å²) < 4.78 is 21.0. The molecule has 3 aromatic rings. The van der Waals surface area contributed by atoms with Crippen molar-refractivity contribution in [3.05, 3.63) is 70.8 Å². The summed E-state index contributed by atoms with van der Waals surface area (Å²) in [5.41, 5.74) is 1.81. The van der Waals surface area contributed by atoms with Gasteiger partial charge in [0.15, 0.2) is 40.3 Å². The molecule has 0 amide bonds. The third-order valence-electron chi connectivity index (χ3n) is 7.23. The van der Waals surface area contributed by atoms with Gasteiger partial charge in [0.25, 0.3) is 0 Å². The Kier molecular flexibility index (Phi) is 8.69. The van der Waals surface area contributed by atoms with Crippen LogP contribution in [0.5, 0.6) is 34.5 Å². The quantitative estimate of drug-likeness (QED) is 0.206. The molecule has 0 aromatic heterocycles. The molecular weight excluding hydrogens is 520 g/mol. The summed E-state index contributed by atoms with van der Waals surface area (Å²) in [7, 11) is 4.19. The topological polar surface area (TPSA) is 152 Å². The average molecular weight is 553 g/mol. The van der Waals surface area contributed by atoms with E-state index in [2.05, 4.69) is 0 Å². The number of hydrogen-bond acceptors (Lipinski definition) is 10. The van der Waals surface area contributed by atoms with Crippen LogP contribution in [-0.4, -0.2) is 66.7 Å². The highest BCUT2D eigenvalue weighted by atomic mass is 16.5. The van der Waals surface area contributed by atoms with E-state index in [0.717, 1.165) is 5.56 Å². The molecular formula is C30H32O10. The van der Waals surface area contributed by atoms with E-state index in [-0.39, 0.29) is 58.4 Å². The molecule has 0 spiro atoms. The lowest BCUT2D eigenvalue weighted by atomic mass is 9.83. The Morgan fingerprint density at radius 3 is 2.15 bits per heavy atom. The molecule has 1 aliphatic rings. The molecule has 4 rings (SSSR count). The smallest absolute Gasteiger partial charge is 0.309 e. The molecule has 10 heteroatoms. The first-order valence-corrected chi connectivity index (χ1v) is 12.6. The zero-order valence-electron chi connectivity index (χ0n) is 22.4. The number of aliphatic hydroxyl groups excluding tert-OH is 1. The fraction of sp³-hybridized carbons (Fsp3) is 0.333. The number of phenols is 3. The number of benzene rings is 3. The molecule has 4 N–H and O–H groups in total. The largest absolute Gasteiger partial charge is 0.504 e. The second kappa shape index (κ2) is 12.2. The number of phenolic OH excluding ortho intramolecular Hbond substituents is 3. The number of esters is 1. The van der Waals surface area contributed by atoms with Crippen molar-refractivity contribution < 1.29 is 49.0 Å². The van der Waals surface area contributed by atoms with Gasteiger partial charge in [-0.25, -0.2) is 0 Å². The third-order valence-corrected chi connectivity index (χ3v) is 7.23. The van der Waals surface area contributed by atoms with Crippen LogP contribution in [0, 0.1) is 11.8 Å². The van der Waals surface area contributed by atoms with Gasteiger partial charge in [-0.15, -0.1) is 0 Å². The normalized spacial score (nSPS) is 17.2. The minimum atomic E-state index is -1.13. The van der Waals surface area contributed by atoms with Gasteiger partial charge in [0, 0.05) is 17.0 Å². The van der Waals surface area contributed by atoms with Gasteiger partial charge < -0.3 is 39.4 Å². The SMILES string of the molecule is COc1cc(C[C@H]2C(=O)OC[C@@H]2Cc2cc(OC)c(O)c(C(CO)C(=O)c3ccc(O)c(OC)c3)c2)ccc1O. The molecule has 3 atom stereocenters. The number of aromatic hydroxyl groups is 3. The number of methoxy groups -OCH3 is 3. The van der Waals surface area contributed by atoms with E-state index in [1.165, 1.54) is 45.6 Å². The van der Waals surface area contributed by atoms with E-state index in [1.54, 1.807) is 24.3 Å². The maximum Gasteiger partial charge on any atom is 0.309 e. The second-order valence-electron chi connectivity index (χ2n) is 9.63. The maximum absolute atomic E-state index is 13.4. The summed E-state index contributed by atoms with van der Waals surface area (Å²) >= 11 is 0. The Bertz CT molecular complexity index is 1400. The van der Waals surface area contributed by atoms with Crippen molar-refractivity contribution in [3.8, 4) is 34.5 Å². The third kappa shape index (κ3) is 5.76. The number of ether oxygens (including phenoxy) is 4. The van der Waals surface area contributed by atoms with Crippen LogP contribution in [-0.2, 0) is 22.4 Å². The van der Waals surface area contributed by atoms with Gasteiger partial charge in [0.05, 0.1) is 46.4 Å². The number of cyclic esters (lactones) is 1. The van der Waals surface area contributed by atoms with Gasteiger partial charge in [0.2, 0.25) is 0 Å². The first-order valence-electron chi connectivity index (χ1n) is 12.6. The zero-order valence-corrected chi connectivity index (χ0v) is 22.4. The van der Waals surface area contributed by atoms with Gasteiger partial charge in [-0.2, -0.15) is 0 Å². The van der Waals surface area contributed by atoms with Crippen LogP contribution < -0.4 is 14.2 Å². The molecule has 0 aliphatic carbocycles. The van der Waals surface area contributed by atoms with Crippen molar-refractivity contribution >= 4 is 11.8 Å². The van der Waals surface area contributed by atoms with Gasteiger partial charge in [-0.3, -0.25) is 9.59 Å². The van der Waals surface area contributed by atoms with E-state index >= 15 is 0 Å². The summed E-state index contributed by atoms with van der Waals surface area (Å²) in [5, 5.41) is 40.9. The summed E-state index contributed by atoms with van der Waals surface area (Å²) in [4.78, 5) is 26.0. The predicted molar refractivity (Wildman–Crippen MR) is 143 cm³/mol. The molecule has 40 heavy (non-hydrogen) atoms. The highest BCUT2D eigenvalue weighted by Gasteiger charge is 2.37. The Morgan fingerprint density at radius 2 is 1.50 bits per heavy atom. The van der Waals surface area contributed by atoms with E-state index in [9.17, 15) is 30.0 Å². The molecule has 0 saturated carbocycles. The average Bonchev–Trinajstić information content (AvgIpc) is 3.29. The number of aliphatic hydroxyl groups is 1. The second-order valence-corrected chi connectivity index (χ2v) is 9.63. The van der Waals surface area contributed by atoms with Crippen molar-refractivity contribution in [1.82, 2.24) is 0 Å². The van der Waals surface area contributed by atoms with Crippen molar-refractivity contribution in [3.63, 3.8) is 0 Å². The molecule has 1 saturated heterocycles. The number of ketones is 1. The molecule has 1 heterocycles. The number of hydrogen-bond donors (Lipinski definition) is 4. The summed E-state index contributed by atoms with van der Waals surface area (Å²) in [6, 6.07) is 12.2. The molecule has 1 unspecified atom stereocenters. The predicted octanol–water partition coefficient (Wildman–Crippen LogP) is 3.36.